The number of fused-ring (bicyclic) bond motifs is 3. The van der Waals surface area contributed by atoms with Gasteiger partial charge in [0.1, 0.15) is 0 Å². The third-order valence-corrected chi connectivity index (χ3v) is 4.39. The minimum absolute atomic E-state index is 0.0946. The molecule has 0 aliphatic rings. The number of aromatic nitrogens is 3. The zero-order chi connectivity index (χ0) is 18.1. The maximum absolute atomic E-state index is 12.4. The molecule has 4 nitrogen and oxygen atoms in total. The second-order valence-corrected chi connectivity index (χ2v) is 6.14. The molecule has 4 aromatic rings. The van der Waals surface area contributed by atoms with Crippen molar-refractivity contribution in [2.75, 3.05) is 0 Å². The molecule has 0 amide bonds. The molecule has 0 bridgehead atoms. The number of aromatic amines is 2. The van der Waals surface area contributed by atoms with Crippen molar-refractivity contribution in [3.05, 3.63) is 63.2 Å². The first-order valence-electron chi connectivity index (χ1n) is 8.31. The average molecular weight is 354 g/mol. The number of hydrogen-bond donors (Lipinski definition) is 2. The second kappa shape index (κ2) is 6.73. The third-order valence-electron chi connectivity index (χ3n) is 4.15. The van der Waals surface area contributed by atoms with Gasteiger partial charge in [-0.25, -0.2) is 0 Å². The first-order chi connectivity index (χ1) is 12.0. The van der Waals surface area contributed by atoms with Crippen LogP contribution < -0.4 is 5.56 Å². The van der Waals surface area contributed by atoms with Gasteiger partial charge in [0.25, 0.3) is 5.56 Å². The van der Waals surface area contributed by atoms with Crippen LogP contribution >= 0.6 is 11.6 Å². The lowest BCUT2D eigenvalue weighted by molar-refractivity contribution is 1.19. The lowest BCUT2D eigenvalue weighted by atomic mass is 10.0. The van der Waals surface area contributed by atoms with Gasteiger partial charge in [-0.2, -0.15) is 0 Å². The number of H-pyrrole nitrogens is 2. The lowest BCUT2D eigenvalue weighted by Gasteiger charge is -2.08. The SMILES string of the molecule is CC.Cc1cc(-c2c(C)c(=O)[nH]c3c2[nH]c2ccc(Cl)cc23)ccn1. The number of nitrogens with one attached hydrogen (secondary N) is 2. The summed E-state index contributed by atoms with van der Waals surface area (Å²) >= 11 is 6.11. The highest BCUT2D eigenvalue weighted by Gasteiger charge is 2.15. The minimum atomic E-state index is -0.0946. The van der Waals surface area contributed by atoms with E-state index >= 15 is 0 Å². The topological polar surface area (TPSA) is 61.5 Å². The summed E-state index contributed by atoms with van der Waals surface area (Å²) in [5.41, 5.74) is 6.01. The highest BCUT2D eigenvalue weighted by atomic mass is 35.5. The Morgan fingerprint density at radius 3 is 2.48 bits per heavy atom. The molecule has 0 unspecified atom stereocenters. The van der Waals surface area contributed by atoms with Crippen LogP contribution in [0, 0.1) is 13.8 Å². The van der Waals surface area contributed by atoms with Crippen LogP contribution in [-0.4, -0.2) is 15.0 Å². The van der Waals surface area contributed by atoms with Crippen molar-refractivity contribution < 1.29 is 0 Å². The molecular formula is C20H20ClN3O. The molecule has 3 aromatic heterocycles. The van der Waals surface area contributed by atoms with Crippen LogP contribution in [0.1, 0.15) is 25.1 Å². The predicted molar refractivity (Wildman–Crippen MR) is 105 cm³/mol. The zero-order valence-electron chi connectivity index (χ0n) is 14.7. The third kappa shape index (κ3) is 2.94. The molecule has 4 rings (SSSR count). The largest absolute Gasteiger partial charge is 0.353 e. The highest BCUT2D eigenvalue weighted by Crippen LogP contribution is 2.33. The Morgan fingerprint density at radius 1 is 1.00 bits per heavy atom. The van der Waals surface area contributed by atoms with Crippen molar-refractivity contribution in [1.82, 2.24) is 15.0 Å². The standard InChI is InChI=1S/C18H14ClN3O.C2H6/c1-9-7-11(5-6-20-9)15-10(2)18(23)22-16-13-8-12(19)3-4-14(13)21-17(15)16;1-2/h3-8,21H,1-2H3,(H,22,23);1-2H3. The molecule has 1 aromatic carbocycles. The molecule has 128 valence electrons. The molecule has 3 heterocycles. The van der Waals surface area contributed by atoms with Crippen LogP contribution in [0.3, 0.4) is 0 Å². The molecule has 0 atom stereocenters. The molecule has 0 saturated heterocycles. The van der Waals surface area contributed by atoms with E-state index in [0.29, 0.717) is 10.6 Å². The Morgan fingerprint density at radius 2 is 1.76 bits per heavy atom. The summed E-state index contributed by atoms with van der Waals surface area (Å²) in [6.07, 6.45) is 1.76. The van der Waals surface area contributed by atoms with Gasteiger partial charge in [0.05, 0.1) is 11.0 Å². The molecule has 2 N–H and O–H groups in total. The van der Waals surface area contributed by atoms with Crippen LogP contribution in [0.25, 0.3) is 33.1 Å². The maximum atomic E-state index is 12.4. The normalized spacial score (nSPS) is 10.8. The zero-order valence-corrected chi connectivity index (χ0v) is 15.5. The van der Waals surface area contributed by atoms with Crippen molar-refractivity contribution in [2.24, 2.45) is 0 Å². The van der Waals surface area contributed by atoms with Gasteiger partial charge in [-0.1, -0.05) is 25.4 Å². The van der Waals surface area contributed by atoms with E-state index in [1.54, 1.807) is 6.20 Å². The van der Waals surface area contributed by atoms with E-state index in [9.17, 15) is 4.79 Å². The van der Waals surface area contributed by atoms with Gasteiger partial charge in [0.15, 0.2) is 0 Å². The Balaban J connectivity index is 0.000000880. The second-order valence-electron chi connectivity index (χ2n) is 5.70. The number of pyridine rings is 2. The fourth-order valence-electron chi connectivity index (χ4n) is 3.05. The summed E-state index contributed by atoms with van der Waals surface area (Å²) in [4.78, 5) is 23.0. The number of rotatable bonds is 1. The number of hydrogen-bond acceptors (Lipinski definition) is 2. The van der Waals surface area contributed by atoms with Crippen molar-refractivity contribution in [1.29, 1.82) is 0 Å². The number of aryl methyl sites for hydroxylation is 1. The average Bonchev–Trinajstić information content (AvgIpc) is 2.95. The summed E-state index contributed by atoms with van der Waals surface area (Å²) < 4.78 is 0. The summed E-state index contributed by atoms with van der Waals surface area (Å²) in [6, 6.07) is 9.53. The molecule has 0 saturated carbocycles. The Hall–Kier alpha value is -2.59. The van der Waals surface area contributed by atoms with E-state index in [1.165, 1.54) is 0 Å². The van der Waals surface area contributed by atoms with Crippen LogP contribution in [0.4, 0.5) is 0 Å². The smallest absolute Gasteiger partial charge is 0.252 e. The highest BCUT2D eigenvalue weighted by molar-refractivity contribution is 6.31. The van der Waals surface area contributed by atoms with Gasteiger partial charge in [0, 0.05) is 38.9 Å². The number of halogens is 1. The van der Waals surface area contributed by atoms with E-state index in [2.05, 4.69) is 15.0 Å². The minimum Gasteiger partial charge on any atom is -0.353 e. The van der Waals surface area contributed by atoms with Gasteiger partial charge >= 0.3 is 0 Å². The summed E-state index contributed by atoms with van der Waals surface area (Å²) in [5, 5.41) is 1.55. The van der Waals surface area contributed by atoms with E-state index < -0.39 is 0 Å². The first-order valence-corrected chi connectivity index (χ1v) is 8.69. The van der Waals surface area contributed by atoms with Gasteiger partial charge in [-0.3, -0.25) is 9.78 Å². The maximum Gasteiger partial charge on any atom is 0.252 e. The van der Waals surface area contributed by atoms with Crippen molar-refractivity contribution >= 4 is 33.5 Å². The van der Waals surface area contributed by atoms with Crippen LogP contribution in [0.2, 0.25) is 5.02 Å². The van der Waals surface area contributed by atoms with E-state index in [4.69, 9.17) is 11.6 Å². The fraction of sp³-hybridized carbons (Fsp3) is 0.200. The van der Waals surface area contributed by atoms with E-state index in [1.807, 2.05) is 58.0 Å². The van der Waals surface area contributed by atoms with E-state index in [-0.39, 0.29) is 5.56 Å². The van der Waals surface area contributed by atoms with Crippen molar-refractivity contribution in [3.63, 3.8) is 0 Å². The summed E-state index contributed by atoms with van der Waals surface area (Å²) in [7, 11) is 0. The van der Waals surface area contributed by atoms with Crippen LogP contribution in [0.5, 0.6) is 0 Å². The lowest BCUT2D eigenvalue weighted by Crippen LogP contribution is -2.11. The molecule has 0 radical (unpaired) electrons. The Bertz CT molecular complexity index is 1130. The summed E-state index contributed by atoms with van der Waals surface area (Å²) in [6.45, 7) is 7.77. The first kappa shape index (κ1) is 17.2. The van der Waals surface area contributed by atoms with Crippen LogP contribution in [0.15, 0.2) is 41.3 Å². The molecular weight excluding hydrogens is 334 g/mol. The molecule has 0 spiro atoms. The van der Waals surface area contributed by atoms with Gasteiger partial charge in [-0.05, 0) is 49.7 Å². The summed E-state index contributed by atoms with van der Waals surface area (Å²) in [5.74, 6) is 0. The monoisotopic (exact) mass is 353 g/mol. The molecule has 0 aliphatic heterocycles. The van der Waals surface area contributed by atoms with Crippen molar-refractivity contribution in [3.8, 4) is 11.1 Å². The number of nitrogens with zero attached hydrogens (tertiary/aromatic N) is 1. The van der Waals surface area contributed by atoms with E-state index in [0.717, 1.165) is 38.8 Å². The fourth-order valence-corrected chi connectivity index (χ4v) is 3.22. The van der Waals surface area contributed by atoms with Gasteiger partial charge in [-0.15, -0.1) is 0 Å². The molecule has 0 aliphatic carbocycles. The quantitative estimate of drug-likeness (QED) is 0.483. The van der Waals surface area contributed by atoms with Gasteiger partial charge in [0.2, 0.25) is 0 Å². The molecule has 0 fully saturated rings. The number of benzene rings is 1. The van der Waals surface area contributed by atoms with Crippen molar-refractivity contribution in [2.45, 2.75) is 27.7 Å². The molecule has 5 heteroatoms. The Kier molecular flexibility index (Phi) is 4.64. The van der Waals surface area contributed by atoms with Gasteiger partial charge < -0.3 is 9.97 Å². The molecule has 25 heavy (non-hydrogen) atoms. The van der Waals surface area contributed by atoms with Crippen LogP contribution in [-0.2, 0) is 0 Å². The Labute approximate surface area is 150 Å². The predicted octanol–water partition coefficient (Wildman–Crippen LogP) is 5.37.